The van der Waals surface area contributed by atoms with Crippen LogP contribution in [0.3, 0.4) is 0 Å². The molecule has 186 valence electrons. The minimum absolute atomic E-state index is 0.126. The minimum atomic E-state index is -0.681. The van der Waals surface area contributed by atoms with Crippen LogP contribution in [0.1, 0.15) is 33.9 Å². The number of methoxy groups -OCH3 is 1. The Hall–Kier alpha value is -4.06. The lowest BCUT2D eigenvalue weighted by atomic mass is 9.93. The van der Waals surface area contributed by atoms with Gasteiger partial charge in [-0.1, -0.05) is 42.0 Å². The molecule has 0 radical (unpaired) electrons. The van der Waals surface area contributed by atoms with Gasteiger partial charge in [-0.3, -0.25) is 9.59 Å². The van der Waals surface area contributed by atoms with E-state index in [0.717, 1.165) is 33.7 Å². The maximum absolute atomic E-state index is 13.3. The van der Waals surface area contributed by atoms with E-state index in [1.165, 1.54) is 0 Å². The summed E-state index contributed by atoms with van der Waals surface area (Å²) >= 11 is 0. The van der Waals surface area contributed by atoms with Crippen molar-refractivity contribution < 1.29 is 19.4 Å². The molecule has 1 unspecified atom stereocenters. The van der Waals surface area contributed by atoms with Crippen molar-refractivity contribution in [1.82, 2.24) is 4.90 Å². The van der Waals surface area contributed by atoms with Crippen LogP contribution in [0, 0.1) is 13.8 Å². The summed E-state index contributed by atoms with van der Waals surface area (Å²) < 4.78 is 5.23. The SMILES string of the molecule is COc1ccc(CCN2C(=O)C(=O)/C(=C(/O)c3cc(C)ccc3C)C2c2ccc(N(C)C)cc2)cc1. The first-order valence-electron chi connectivity index (χ1n) is 12.0. The van der Waals surface area contributed by atoms with Gasteiger partial charge in [0.15, 0.2) is 0 Å². The number of anilines is 1. The topological polar surface area (TPSA) is 70.1 Å². The quantitative estimate of drug-likeness (QED) is 0.289. The number of likely N-dealkylation sites (tertiary alicyclic amines) is 1. The molecule has 0 saturated carbocycles. The third kappa shape index (κ3) is 4.85. The summed E-state index contributed by atoms with van der Waals surface area (Å²) in [5.41, 5.74) is 5.30. The Labute approximate surface area is 212 Å². The van der Waals surface area contributed by atoms with Gasteiger partial charge in [-0.15, -0.1) is 0 Å². The molecule has 1 aliphatic rings. The van der Waals surface area contributed by atoms with E-state index in [2.05, 4.69) is 0 Å². The van der Waals surface area contributed by atoms with E-state index in [1.54, 1.807) is 12.0 Å². The molecule has 1 saturated heterocycles. The zero-order chi connectivity index (χ0) is 26.0. The van der Waals surface area contributed by atoms with Gasteiger partial charge in [0, 0.05) is 31.9 Å². The fraction of sp³-hybridized carbons (Fsp3) is 0.267. The number of benzene rings is 3. The van der Waals surface area contributed by atoms with Crippen LogP contribution in [0.5, 0.6) is 5.75 Å². The number of aliphatic hydroxyl groups is 1. The molecule has 4 rings (SSSR count). The van der Waals surface area contributed by atoms with Crippen LogP contribution in [-0.2, 0) is 16.0 Å². The third-order valence-corrected chi connectivity index (χ3v) is 6.71. The first-order chi connectivity index (χ1) is 17.2. The molecule has 0 aliphatic carbocycles. The number of ether oxygens (including phenoxy) is 1. The molecule has 1 amide bonds. The fourth-order valence-electron chi connectivity index (χ4n) is 4.59. The number of rotatable bonds is 7. The molecule has 6 heteroatoms. The number of hydrogen-bond acceptors (Lipinski definition) is 5. The van der Waals surface area contributed by atoms with E-state index in [9.17, 15) is 14.7 Å². The second kappa shape index (κ2) is 10.3. The first kappa shape index (κ1) is 25.0. The van der Waals surface area contributed by atoms with Crippen LogP contribution in [-0.4, -0.2) is 49.4 Å². The van der Waals surface area contributed by atoms with Crippen molar-refractivity contribution in [3.05, 3.63) is 100 Å². The Morgan fingerprint density at radius 1 is 0.972 bits per heavy atom. The smallest absolute Gasteiger partial charge is 0.295 e. The summed E-state index contributed by atoms with van der Waals surface area (Å²) in [6, 6.07) is 20.4. The summed E-state index contributed by atoms with van der Waals surface area (Å²) in [4.78, 5) is 30.2. The highest BCUT2D eigenvalue weighted by atomic mass is 16.5. The molecule has 0 spiro atoms. The number of aliphatic hydroxyl groups excluding tert-OH is 1. The van der Waals surface area contributed by atoms with Gasteiger partial charge in [-0.2, -0.15) is 0 Å². The van der Waals surface area contributed by atoms with Gasteiger partial charge < -0.3 is 19.6 Å². The molecule has 1 atom stereocenters. The van der Waals surface area contributed by atoms with Gasteiger partial charge in [0.25, 0.3) is 11.7 Å². The van der Waals surface area contributed by atoms with Crippen LogP contribution >= 0.6 is 0 Å². The van der Waals surface area contributed by atoms with Gasteiger partial charge in [0.05, 0.1) is 18.7 Å². The number of ketones is 1. The molecule has 3 aromatic carbocycles. The van der Waals surface area contributed by atoms with E-state index in [1.807, 2.05) is 99.6 Å². The molecule has 1 N–H and O–H groups in total. The molecule has 1 fully saturated rings. The summed E-state index contributed by atoms with van der Waals surface area (Å²) in [5.74, 6) is -0.640. The van der Waals surface area contributed by atoms with E-state index in [4.69, 9.17) is 4.74 Å². The van der Waals surface area contributed by atoms with E-state index < -0.39 is 17.7 Å². The van der Waals surface area contributed by atoms with Gasteiger partial charge in [0.2, 0.25) is 0 Å². The van der Waals surface area contributed by atoms with E-state index in [0.29, 0.717) is 18.5 Å². The predicted molar refractivity (Wildman–Crippen MR) is 142 cm³/mol. The highest BCUT2D eigenvalue weighted by molar-refractivity contribution is 6.46. The van der Waals surface area contributed by atoms with Crippen molar-refractivity contribution in [2.45, 2.75) is 26.3 Å². The highest BCUT2D eigenvalue weighted by Crippen LogP contribution is 2.40. The molecule has 1 heterocycles. The molecular formula is C30H32N2O4. The van der Waals surface area contributed by atoms with Crippen molar-refractivity contribution in [3.63, 3.8) is 0 Å². The van der Waals surface area contributed by atoms with Gasteiger partial charge in [0.1, 0.15) is 11.5 Å². The molecule has 36 heavy (non-hydrogen) atoms. The Morgan fingerprint density at radius 3 is 2.25 bits per heavy atom. The average molecular weight is 485 g/mol. The minimum Gasteiger partial charge on any atom is -0.507 e. The first-order valence-corrected chi connectivity index (χ1v) is 12.0. The molecular weight excluding hydrogens is 452 g/mol. The third-order valence-electron chi connectivity index (χ3n) is 6.71. The fourth-order valence-corrected chi connectivity index (χ4v) is 4.59. The van der Waals surface area contributed by atoms with Crippen molar-refractivity contribution >= 4 is 23.1 Å². The number of amides is 1. The van der Waals surface area contributed by atoms with Crippen molar-refractivity contribution in [1.29, 1.82) is 0 Å². The monoisotopic (exact) mass is 484 g/mol. The van der Waals surface area contributed by atoms with Crippen LogP contribution in [0.25, 0.3) is 5.76 Å². The lowest BCUT2D eigenvalue weighted by molar-refractivity contribution is -0.139. The van der Waals surface area contributed by atoms with Gasteiger partial charge in [-0.05, 0) is 67.3 Å². The Balaban J connectivity index is 1.78. The van der Waals surface area contributed by atoms with Gasteiger partial charge >= 0.3 is 0 Å². The molecule has 1 aliphatic heterocycles. The molecule has 3 aromatic rings. The van der Waals surface area contributed by atoms with Crippen LogP contribution in [0.2, 0.25) is 0 Å². The highest BCUT2D eigenvalue weighted by Gasteiger charge is 2.46. The van der Waals surface area contributed by atoms with Crippen LogP contribution in [0.15, 0.2) is 72.3 Å². The van der Waals surface area contributed by atoms with E-state index in [-0.39, 0.29) is 11.3 Å². The van der Waals surface area contributed by atoms with Crippen molar-refractivity contribution in [2.24, 2.45) is 0 Å². The molecule has 0 aromatic heterocycles. The second-order valence-corrected chi connectivity index (χ2v) is 9.39. The average Bonchev–Trinajstić information content (AvgIpc) is 3.13. The Morgan fingerprint density at radius 2 is 1.64 bits per heavy atom. The second-order valence-electron chi connectivity index (χ2n) is 9.39. The zero-order valence-corrected chi connectivity index (χ0v) is 21.4. The van der Waals surface area contributed by atoms with Crippen molar-refractivity contribution in [2.75, 3.05) is 32.6 Å². The number of aryl methyl sites for hydroxylation is 2. The maximum atomic E-state index is 13.3. The number of nitrogens with zero attached hydrogens (tertiary/aromatic N) is 2. The predicted octanol–water partition coefficient (Wildman–Crippen LogP) is 5.04. The van der Waals surface area contributed by atoms with Crippen LogP contribution in [0.4, 0.5) is 5.69 Å². The Bertz CT molecular complexity index is 1310. The number of carbonyl (C=O) groups excluding carboxylic acids is 2. The summed E-state index contributed by atoms with van der Waals surface area (Å²) in [6.07, 6.45) is 0.562. The van der Waals surface area contributed by atoms with Crippen molar-refractivity contribution in [3.8, 4) is 5.75 Å². The lowest BCUT2D eigenvalue weighted by Crippen LogP contribution is -2.31. The number of hydrogen-bond donors (Lipinski definition) is 1. The summed E-state index contributed by atoms with van der Waals surface area (Å²) in [7, 11) is 5.53. The van der Waals surface area contributed by atoms with E-state index >= 15 is 0 Å². The lowest BCUT2D eigenvalue weighted by Gasteiger charge is -2.26. The van der Waals surface area contributed by atoms with Gasteiger partial charge in [-0.25, -0.2) is 0 Å². The largest absolute Gasteiger partial charge is 0.507 e. The standard InChI is InChI=1S/C30H32N2O4/c1-19-6-7-20(2)25(18-19)28(33)26-27(22-10-12-23(13-11-22)31(3)4)32(30(35)29(26)34)17-16-21-8-14-24(36-5)15-9-21/h6-15,18,27,33H,16-17H2,1-5H3/b28-26+. The van der Waals surface area contributed by atoms with Crippen LogP contribution < -0.4 is 9.64 Å². The molecule has 0 bridgehead atoms. The summed E-state index contributed by atoms with van der Waals surface area (Å²) in [5, 5.41) is 11.4. The Kier molecular flexibility index (Phi) is 7.15. The molecule has 6 nitrogen and oxygen atoms in total. The number of carbonyl (C=O) groups is 2. The summed E-state index contributed by atoms with van der Waals surface area (Å²) in [6.45, 7) is 4.15. The number of Topliss-reactive ketones (excluding diaryl/α,β-unsaturated/α-hetero) is 1. The maximum Gasteiger partial charge on any atom is 0.295 e. The zero-order valence-electron chi connectivity index (χ0n) is 21.4. The normalized spacial score (nSPS) is 16.9.